The monoisotopic (exact) mass is 513 g/mol. The van der Waals surface area contributed by atoms with E-state index in [0.717, 1.165) is 11.3 Å². The molecular weight excluding hydrogens is 482 g/mol. The number of hydrogen-bond donors (Lipinski definition) is 0. The van der Waals surface area contributed by atoms with Crippen molar-refractivity contribution < 1.29 is 23.7 Å². The summed E-state index contributed by atoms with van der Waals surface area (Å²) < 4.78 is 24.2. The number of methoxy groups -OCH3 is 1. The van der Waals surface area contributed by atoms with Gasteiger partial charge in [-0.15, -0.1) is 0 Å². The van der Waals surface area contributed by atoms with E-state index < -0.39 is 5.60 Å². The summed E-state index contributed by atoms with van der Waals surface area (Å²) in [5.74, 6) is 2.45. The van der Waals surface area contributed by atoms with Gasteiger partial charge in [-0.1, -0.05) is 18.2 Å². The minimum Gasteiger partial charge on any atom is -0.493 e. The Morgan fingerprint density at radius 2 is 1.92 bits per heavy atom. The molecule has 2 aliphatic rings. The molecule has 2 aliphatic heterocycles. The van der Waals surface area contributed by atoms with Crippen LogP contribution in [0.1, 0.15) is 60.7 Å². The number of fused-ring (bicyclic) bond motifs is 1. The van der Waals surface area contributed by atoms with E-state index in [2.05, 4.69) is 11.1 Å². The zero-order valence-electron chi connectivity index (χ0n) is 21.8. The van der Waals surface area contributed by atoms with Crippen LogP contribution in [0.3, 0.4) is 0 Å². The number of pyridine rings is 1. The van der Waals surface area contributed by atoms with Gasteiger partial charge in [0.15, 0.2) is 11.5 Å². The van der Waals surface area contributed by atoms with E-state index in [0.29, 0.717) is 60.7 Å². The summed E-state index contributed by atoms with van der Waals surface area (Å²) in [6.07, 6.45) is 4.87. The Labute approximate surface area is 222 Å². The number of nitrogens with zero attached hydrogens (tertiary/aromatic N) is 3. The molecule has 1 fully saturated rings. The van der Waals surface area contributed by atoms with Crippen molar-refractivity contribution in [3.63, 3.8) is 0 Å². The summed E-state index contributed by atoms with van der Waals surface area (Å²) in [6.45, 7) is 5.02. The van der Waals surface area contributed by atoms with Crippen LogP contribution in [-0.2, 0) is 0 Å². The van der Waals surface area contributed by atoms with Crippen LogP contribution in [0.2, 0.25) is 0 Å². The Bertz CT molecular complexity index is 1360. The Morgan fingerprint density at radius 3 is 2.66 bits per heavy atom. The lowest BCUT2D eigenvalue weighted by atomic mass is 9.81. The van der Waals surface area contributed by atoms with E-state index in [9.17, 15) is 10.1 Å². The number of rotatable bonds is 6. The largest absolute Gasteiger partial charge is 0.493 e. The molecule has 1 atom stereocenters. The van der Waals surface area contributed by atoms with Crippen molar-refractivity contribution in [2.45, 2.75) is 50.9 Å². The average molecular weight is 514 g/mol. The lowest BCUT2D eigenvalue weighted by molar-refractivity contribution is -0.0437. The zero-order chi connectivity index (χ0) is 26.7. The smallest absolute Gasteiger partial charge is 0.253 e. The number of ether oxygens (including phenoxy) is 4. The first-order valence-electron chi connectivity index (χ1n) is 12.8. The summed E-state index contributed by atoms with van der Waals surface area (Å²) >= 11 is 0. The third-order valence-corrected chi connectivity index (χ3v) is 7.01. The fraction of sp³-hybridized carbons (Fsp3) is 0.367. The predicted molar refractivity (Wildman–Crippen MR) is 141 cm³/mol. The third kappa shape index (κ3) is 5.23. The van der Waals surface area contributed by atoms with Crippen LogP contribution >= 0.6 is 0 Å². The number of benzene rings is 2. The van der Waals surface area contributed by atoms with Crippen molar-refractivity contribution in [1.29, 1.82) is 5.26 Å². The molecule has 0 radical (unpaired) electrons. The van der Waals surface area contributed by atoms with E-state index in [1.165, 1.54) is 6.20 Å². The first-order valence-corrected chi connectivity index (χ1v) is 12.8. The molecule has 0 bridgehead atoms. The van der Waals surface area contributed by atoms with Crippen LogP contribution < -0.4 is 18.9 Å². The topological polar surface area (TPSA) is 93.9 Å². The normalized spacial score (nSPS) is 17.8. The van der Waals surface area contributed by atoms with Crippen molar-refractivity contribution >= 4 is 5.91 Å². The molecule has 3 aromatic rings. The minimum absolute atomic E-state index is 0.00344. The molecule has 1 unspecified atom stereocenters. The fourth-order valence-corrected chi connectivity index (χ4v) is 5.13. The van der Waals surface area contributed by atoms with E-state index in [-0.39, 0.29) is 18.1 Å². The van der Waals surface area contributed by atoms with Crippen LogP contribution in [-0.4, -0.2) is 47.7 Å². The maximum Gasteiger partial charge on any atom is 0.253 e. The van der Waals surface area contributed by atoms with Crippen molar-refractivity contribution in [1.82, 2.24) is 9.88 Å². The first-order chi connectivity index (χ1) is 18.4. The second-order valence-electron chi connectivity index (χ2n) is 9.98. The second-order valence-corrected chi connectivity index (χ2v) is 9.98. The molecule has 0 aliphatic carbocycles. The lowest BCUT2D eigenvalue weighted by Crippen LogP contribution is -2.52. The van der Waals surface area contributed by atoms with Gasteiger partial charge in [0.2, 0.25) is 0 Å². The molecule has 38 heavy (non-hydrogen) atoms. The minimum atomic E-state index is -0.456. The number of hydrogen-bond acceptors (Lipinski definition) is 7. The molecule has 1 spiro atoms. The van der Waals surface area contributed by atoms with Gasteiger partial charge in [-0.05, 0) is 38.1 Å². The lowest BCUT2D eigenvalue weighted by Gasteiger charge is -2.46. The molecule has 3 heterocycles. The summed E-state index contributed by atoms with van der Waals surface area (Å²) in [6, 6.07) is 17.0. The van der Waals surface area contributed by atoms with E-state index in [1.54, 1.807) is 37.6 Å². The van der Waals surface area contributed by atoms with Crippen molar-refractivity contribution in [3.8, 4) is 29.1 Å². The number of aromatic nitrogens is 1. The highest BCUT2D eigenvalue weighted by molar-refractivity contribution is 5.95. The maximum absolute atomic E-state index is 13.4. The summed E-state index contributed by atoms with van der Waals surface area (Å²) in [4.78, 5) is 19.4. The van der Waals surface area contributed by atoms with Gasteiger partial charge in [0.25, 0.3) is 5.91 Å². The molecule has 1 amide bonds. The molecule has 1 aromatic heterocycles. The van der Waals surface area contributed by atoms with Crippen LogP contribution in [0.15, 0.2) is 60.9 Å². The fourth-order valence-electron chi connectivity index (χ4n) is 5.13. The summed E-state index contributed by atoms with van der Waals surface area (Å²) in [7, 11) is 1.57. The molecule has 2 aromatic carbocycles. The van der Waals surface area contributed by atoms with Gasteiger partial charge < -0.3 is 23.8 Å². The number of likely N-dealkylation sites (tertiary alicyclic amines) is 1. The molecule has 0 saturated carbocycles. The summed E-state index contributed by atoms with van der Waals surface area (Å²) in [5, 5.41) is 9.24. The number of piperidine rings is 1. The Morgan fingerprint density at radius 1 is 1.13 bits per heavy atom. The molecule has 1 saturated heterocycles. The average Bonchev–Trinajstić information content (AvgIpc) is 2.93. The molecule has 196 valence electrons. The Hall–Kier alpha value is -4.25. The maximum atomic E-state index is 13.4. The molecular formula is C30H31N3O5. The van der Waals surface area contributed by atoms with Crippen molar-refractivity contribution in [2.24, 2.45) is 0 Å². The second kappa shape index (κ2) is 10.6. The Kier molecular flexibility index (Phi) is 7.10. The number of amides is 1. The molecule has 8 heteroatoms. The highest BCUT2D eigenvalue weighted by atomic mass is 16.5. The van der Waals surface area contributed by atoms with Gasteiger partial charge in [-0.25, -0.2) is 0 Å². The van der Waals surface area contributed by atoms with Crippen molar-refractivity contribution in [2.75, 3.05) is 20.2 Å². The van der Waals surface area contributed by atoms with Gasteiger partial charge in [0.05, 0.1) is 25.0 Å². The van der Waals surface area contributed by atoms with E-state index in [1.807, 2.05) is 43.0 Å². The van der Waals surface area contributed by atoms with Gasteiger partial charge >= 0.3 is 0 Å². The first kappa shape index (κ1) is 25.4. The van der Waals surface area contributed by atoms with Gasteiger partial charge in [0.1, 0.15) is 29.3 Å². The zero-order valence-corrected chi connectivity index (χ0v) is 21.8. The molecule has 8 nitrogen and oxygen atoms in total. The number of para-hydroxylation sites is 1. The SMILES string of the molecule is COc1cc(C(=O)N2CCC3(CC2)CC(Oc2cncc(C#N)c2)c2ccccc2O3)ccc1OC(C)C. The third-order valence-electron chi connectivity index (χ3n) is 7.01. The summed E-state index contributed by atoms with van der Waals surface area (Å²) in [5.41, 5.74) is 1.53. The standard InChI is InChI=1S/C30H31N3O5/c1-20(2)36-26-9-8-22(15-27(26)35-3)29(34)33-12-10-30(11-13-33)16-28(24-6-4-5-7-25(24)38-30)37-23-14-21(17-31)18-32-19-23/h4-9,14-15,18-20,28H,10-13,16H2,1-3H3. The number of carbonyl (C=O) groups excluding carboxylic acids is 1. The molecule has 0 N–H and O–H groups in total. The van der Waals surface area contributed by atoms with Crippen LogP contribution in [0.5, 0.6) is 23.0 Å². The van der Waals surface area contributed by atoms with Crippen molar-refractivity contribution in [3.05, 3.63) is 77.6 Å². The quantitative estimate of drug-likeness (QED) is 0.440. The van der Waals surface area contributed by atoms with Gasteiger partial charge in [0, 0.05) is 55.7 Å². The Balaban J connectivity index is 1.31. The van der Waals surface area contributed by atoms with Crippen LogP contribution in [0.25, 0.3) is 0 Å². The predicted octanol–water partition coefficient (Wildman–Crippen LogP) is 5.33. The van der Waals surface area contributed by atoms with Crippen LogP contribution in [0, 0.1) is 11.3 Å². The van der Waals surface area contributed by atoms with Gasteiger partial charge in [-0.3, -0.25) is 9.78 Å². The highest BCUT2D eigenvalue weighted by Gasteiger charge is 2.45. The van der Waals surface area contributed by atoms with E-state index >= 15 is 0 Å². The van der Waals surface area contributed by atoms with Gasteiger partial charge in [-0.2, -0.15) is 5.26 Å². The molecule has 5 rings (SSSR count). The van der Waals surface area contributed by atoms with Crippen LogP contribution in [0.4, 0.5) is 0 Å². The number of carbonyl (C=O) groups is 1. The van der Waals surface area contributed by atoms with E-state index in [4.69, 9.17) is 18.9 Å². The highest BCUT2D eigenvalue weighted by Crippen LogP contribution is 2.46. The number of nitriles is 1.